The molecule has 1 aromatic carbocycles. The summed E-state index contributed by atoms with van der Waals surface area (Å²) in [7, 11) is 1.72. The summed E-state index contributed by atoms with van der Waals surface area (Å²) < 4.78 is 1.57. The summed E-state index contributed by atoms with van der Waals surface area (Å²) in [5.41, 5.74) is 0.133. The summed E-state index contributed by atoms with van der Waals surface area (Å²) in [5.74, 6) is -0.108. The van der Waals surface area contributed by atoms with Crippen LogP contribution in [-0.4, -0.2) is 43.4 Å². The second-order valence-electron chi connectivity index (χ2n) is 7.56. The quantitative estimate of drug-likeness (QED) is 0.704. The first-order valence-corrected chi connectivity index (χ1v) is 10.9. The first-order valence-electron chi connectivity index (χ1n) is 10.0. The Labute approximate surface area is 175 Å². The van der Waals surface area contributed by atoms with Crippen LogP contribution < -0.4 is 5.69 Å². The summed E-state index contributed by atoms with van der Waals surface area (Å²) in [6.45, 7) is 2.29. The number of carbonyl (C=O) groups excluding carboxylic acids is 1. The van der Waals surface area contributed by atoms with Gasteiger partial charge in [0.1, 0.15) is 5.54 Å². The number of nitrogens with one attached hydrogen (secondary N) is 1. The molecule has 0 spiro atoms. The highest BCUT2D eigenvalue weighted by Gasteiger charge is 2.40. The van der Waals surface area contributed by atoms with E-state index in [4.69, 9.17) is 0 Å². The third-order valence-electron chi connectivity index (χ3n) is 5.68. The van der Waals surface area contributed by atoms with Crippen LogP contribution in [0.15, 0.2) is 40.3 Å². The Kier molecular flexibility index (Phi) is 6.80. The van der Waals surface area contributed by atoms with Gasteiger partial charge in [0.05, 0.1) is 11.3 Å². The predicted molar refractivity (Wildman–Crippen MR) is 113 cm³/mol. The van der Waals surface area contributed by atoms with E-state index in [1.807, 2.05) is 30.3 Å². The van der Waals surface area contributed by atoms with Crippen LogP contribution in [0.3, 0.4) is 0 Å². The van der Waals surface area contributed by atoms with E-state index in [-0.39, 0.29) is 11.6 Å². The molecule has 0 bridgehead atoms. The molecule has 8 heteroatoms. The Hall–Kier alpha value is -2.53. The van der Waals surface area contributed by atoms with Gasteiger partial charge < -0.3 is 4.90 Å². The molecule has 1 amide bonds. The van der Waals surface area contributed by atoms with Crippen molar-refractivity contribution in [3.05, 3.63) is 46.4 Å². The SMILES string of the molecule is C[C@H](Sc1n[nH]c(=O)n1CCc1ccccc1)C(=O)N(C)C1(C#N)CCCCC1. The van der Waals surface area contributed by atoms with E-state index in [9.17, 15) is 14.9 Å². The topological polar surface area (TPSA) is 94.8 Å². The number of benzene rings is 1. The highest BCUT2D eigenvalue weighted by atomic mass is 32.2. The molecular weight excluding hydrogens is 386 g/mol. The van der Waals surface area contributed by atoms with Gasteiger partial charge in [-0.3, -0.25) is 9.36 Å². The summed E-state index contributed by atoms with van der Waals surface area (Å²) in [5, 5.41) is 16.4. The van der Waals surface area contributed by atoms with Crippen molar-refractivity contribution in [2.24, 2.45) is 0 Å². The summed E-state index contributed by atoms with van der Waals surface area (Å²) in [4.78, 5) is 26.8. The van der Waals surface area contributed by atoms with Gasteiger partial charge >= 0.3 is 5.69 Å². The standard InChI is InChI=1S/C21H27N5O2S/c1-16(18(27)25(2)21(15-22)12-7-4-8-13-21)29-20-24-23-19(28)26(20)14-11-17-9-5-3-6-10-17/h3,5-6,9-10,16H,4,7-8,11-14H2,1-2H3,(H,23,28)/t16-/m0/s1. The fraction of sp³-hybridized carbons (Fsp3) is 0.524. The average Bonchev–Trinajstić information content (AvgIpc) is 3.11. The number of aromatic amines is 1. The lowest BCUT2D eigenvalue weighted by atomic mass is 9.81. The van der Waals surface area contributed by atoms with E-state index in [1.54, 1.807) is 23.4 Å². The van der Waals surface area contributed by atoms with Gasteiger partial charge in [0.15, 0.2) is 5.16 Å². The van der Waals surface area contributed by atoms with Crippen LogP contribution in [-0.2, 0) is 17.8 Å². The fourth-order valence-electron chi connectivity index (χ4n) is 3.83. The van der Waals surface area contributed by atoms with Gasteiger partial charge in [0.25, 0.3) is 0 Å². The number of amides is 1. The van der Waals surface area contributed by atoms with E-state index in [1.165, 1.54) is 11.8 Å². The number of rotatable bonds is 7. The highest BCUT2D eigenvalue weighted by Crippen LogP contribution is 2.34. The number of H-pyrrole nitrogens is 1. The van der Waals surface area contributed by atoms with Gasteiger partial charge in [0.2, 0.25) is 5.91 Å². The zero-order valence-corrected chi connectivity index (χ0v) is 17.7. The van der Waals surface area contributed by atoms with Crippen molar-refractivity contribution < 1.29 is 4.79 Å². The Morgan fingerprint density at radius 2 is 2.03 bits per heavy atom. The normalized spacial score (nSPS) is 16.7. The highest BCUT2D eigenvalue weighted by molar-refractivity contribution is 8.00. The molecule has 7 nitrogen and oxygen atoms in total. The lowest BCUT2D eigenvalue weighted by Crippen LogP contribution is -2.52. The summed E-state index contributed by atoms with van der Waals surface area (Å²) >= 11 is 1.26. The molecule has 3 rings (SSSR count). The average molecular weight is 414 g/mol. The number of nitrogens with zero attached hydrogens (tertiary/aromatic N) is 4. The minimum absolute atomic E-state index is 0.108. The van der Waals surface area contributed by atoms with Gasteiger partial charge in [-0.25, -0.2) is 9.89 Å². The monoisotopic (exact) mass is 413 g/mol. The fourth-order valence-corrected chi connectivity index (χ4v) is 4.80. The third kappa shape index (κ3) is 4.73. The Morgan fingerprint density at radius 1 is 1.34 bits per heavy atom. The maximum Gasteiger partial charge on any atom is 0.343 e. The first-order chi connectivity index (χ1) is 14.0. The van der Waals surface area contributed by atoms with E-state index >= 15 is 0 Å². The zero-order chi connectivity index (χ0) is 20.9. The van der Waals surface area contributed by atoms with Gasteiger partial charge in [-0.1, -0.05) is 61.4 Å². The molecule has 1 aliphatic rings. The van der Waals surface area contributed by atoms with Gasteiger partial charge in [0, 0.05) is 13.6 Å². The largest absolute Gasteiger partial charge is 0.343 e. The van der Waals surface area contributed by atoms with Gasteiger partial charge in [-0.05, 0) is 31.7 Å². The summed E-state index contributed by atoms with van der Waals surface area (Å²) in [6.07, 6.45) is 5.17. The minimum atomic E-state index is -0.720. The zero-order valence-electron chi connectivity index (χ0n) is 16.9. The molecular formula is C21H27N5O2S. The van der Waals surface area contributed by atoms with Crippen LogP contribution in [0.2, 0.25) is 0 Å². The molecule has 1 saturated carbocycles. The van der Waals surface area contributed by atoms with Crippen molar-refractivity contribution in [3.8, 4) is 6.07 Å². The number of nitriles is 1. The smallest absolute Gasteiger partial charge is 0.326 e. The molecule has 1 aliphatic carbocycles. The molecule has 0 radical (unpaired) electrons. The van der Waals surface area contributed by atoms with Crippen LogP contribution >= 0.6 is 11.8 Å². The molecule has 1 atom stereocenters. The molecule has 154 valence electrons. The molecule has 0 aliphatic heterocycles. The molecule has 2 aromatic rings. The van der Waals surface area contributed by atoms with Gasteiger partial charge in [-0.2, -0.15) is 5.26 Å². The molecule has 1 fully saturated rings. The second kappa shape index (κ2) is 9.31. The lowest BCUT2D eigenvalue weighted by molar-refractivity contribution is -0.133. The number of aromatic nitrogens is 3. The number of hydrogen-bond acceptors (Lipinski definition) is 5. The van der Waals surface area contributed by atoms with Crippen molar-refractivity contribution in [2.75, 3.05) is 7.05 Å². The first kappa shape index (κ1) is 21.2. The van der Waals surface area contributed by atoms with E-state index in [0.717, 1.165) is 24.8 Å². The van der Waals surface area contributed by atoms with Crippen molar-refractivity contribution in [3.63, 3.8) is 0 Å². The molecule has 0 saturated heterocycles. The Morgan fingerprint density at radius 3 is 2.69 bits per heavy atom. The molecule has 1 N–H and O–H groups in total. The van der Waals surface area contributed by atoms with Crippen LogP contribution in [0, 0.1) is 11.3 Å². The van der Waals surface area contributed by atoms with Crippen molar-refractivity contribution in [1.29, 1.82) is 5.26 Å². The van der Waals surface area contributed by atoms with E-state index < -0.39 is 10.8 Å². The molecule has 1 aromatic heterocycles. The number of carbonyl (C=O) groups is 1. The van der Waals surface area contributed by atoms with E-state index in [2.05, 4.69) is 16.3 Å². The number of thioether (sulfide) groups is 1. The van der Waals surface area contributed by atoms with Crippen molar-refractivity contribution >= 4 is 17.7 Å². The lowest BCUT2D eigenvalue weighted by Gasteiger charge is -2.40. The molecule has 0 unspecified atom stereocenters. The van der Waals surface area contributed by atoms with Crippen LogP contribution in [0.25, 0.3) is 0 Å². The predicted octanol–water partition coefficient (Wildman–Crippen LogP) is 2.98. The van der Waals surface area contributed by atoms with Crippen LogP contribution in [0.1, 0.15) is 44.6 Å². The van der Waals surface area contributed by atoms with Gasteiger partial charge in [-0.15, -0.1) is 5.10 Å². The number of aryl methyl sites for hydroxylation is 1. The molecule has 29 heavy (non-hydrogen) atoms. The van der Waals surface area contributed by atoms with Crippen molar-refractivity contribution in [1.82, 2.24) is 19.7 Å². The maximum absolute atomic E-state index is 13.0. The van der Waals surface area contributed by atoms with Crippen LogP contribution in [0.4, 0.5) is 0 Å². The molecule has 1 heterocycles. The van der Waals surface area contributed by atoms with E-state index in [0.29, 0.717) is 31.0 Å². The Balaban J connectivity index is 1.69. The summed E-state index contributed by atoms with van der Waals surface area (Å²) in [6, 6.07) is 12.3. The maximum atomic E-state index is 13.0. The van der Waals surface area contributed by atoms with Crippen molar-refractivity contribution in [2.45, 2.75) is 67.9 Å². The number of hydrogen-bond donors (Lipinski definition) is 1. The Bertz CT molecular complexity index is 925. The third-order valence-corrected chi connectivity index (χ3v) is 6.76. The van der Waals surface area contributed by atoms with Crippen LogP contribution in [0.5, 0.6) is 0 Å². The minimum Gasteiger partial charge on any atom is -0.326 e. The second-order valence-corrected chi connectivity index (χ2v) is 8.87.